The first-order valence-electron chi connectivity index (χ1n) is 4.06. The van der Waals surface area contributed by atoms with E-state index in [9.17, 15) is 9.59 Å². The molecule has 1 aliphatic heterocycles. The van der Waals surface area contributed by atoms with Crippen LogP contribution in [0, 0.1) is 3.57 Å². The molecule has 1 heterocycles. The number of carbonyl (C=O) groups excluding carboxylic acids is 2. The van der Waals surface area contributed by atoms with E-state index in [1.54, 1.807) is 24.3 Å². The van der Waals surface area contributed by atoms with Gasteiger partial charge in [0.2, 0.25) is 0 Å². The van der Waals surface area contributed by atoms with Crippen LogP contribution in [0.5, 0.6) is 0 Å². The number of fused-ring (bicyclic) bond motifs is 1. The standard InChI is InChI=1S/C9H7IO5/c1-6(11)14-15-10-8-5-3-2-4-7(8)9(12)13-10/h2-5H,1H3. The van der Waals surface area contributed by atoms with E-state index in [1.807, 2.05) is 0 Å². The molecular weight excluding hydrogens is 315 g/mol. The molecule has 0 atom stereocenters. The first-order valence-corrected chi connectivity index (χ1v) is 6.90. The number of hydrogen-bond acceptors (Lipinski definition) is 5. The van der Waals surface area contributed by atoms with Crippen LogP contribution in [0.25, 0.3) is 0 Å². The van der Waals surface area contributed by atoms with Gasteiger partial charge in [-0.05, 0) is 0 Å². The molecule has 5 nitrogen and oxygen atoms in total. The third-order valence-electron chi connectivity index (χ3n) is 1.61. The predicted molar refractivity (Wildman–Crippen MR) is 57.4 cm³/mol. The molecule has 0 saturated heterocycles. The third-order valence-corrected chi connectivity index (χ3v) is 4.80. The minimum absolute atomic E-state index is 0.414. The zero-order valence-corrected chi connectivity index (χ0v) is 9.89. The topological polar surface area (TPSA) is 61.8 Å². The van der Waals surface area contributed by atoms with Crippen molar-refractivity contribution in [2.24, 2.45) is 0 Å². The van der Waals surface area contributed by atoms with Gasteiger partial charge in [0.05, 0.1) is 0 Å². The van der Waals surface area contributed by atoms with Crippen molar-refractivity contribution >= 4 is 32.6 Å². The first-order chi connectivity index (χ1) is 7.18. The maximum atomic E-state index is 11.3. The van der Waals surface area contributed by atoms with Gasteiger partial charge in [-0.2, -0.15) is 0 Å². The van der Waals surface area contributed by atoms with Crippen LogP contribution in [0.15, 0.2) is 24.3 Å². The molecule has 1 aliphatic rings. The molecule has 0 aromatic heterocycles. The fourth-order valence-electron chi connectivity index (χ4n) is 1.03. The summed E-state index contributed by atoms with van der Waals surface area (Å²) in [6.45, 7) is 1.22. The van der Waals surface area contributed by atoms with Crippen molar-refractivity contribution in [1.29, 1.82) is 0 Å². The second-order valence-corrected chi connectivity index (χ2v) is 5.90. The molecule has 15 heavy (non-hydrogen) atoms. The summed E-state index contributed by atoms with van der Waals surface area (Å²) in [5, 5.41) is 0. The fourth-order valence-corrected chi connectivity index (χ4v) is 3.92. The van der Waals surface area contributed by atoms with E-state index in [4.69, 9.17) is 6.28 Å². The Balaban J connectivity index is 2.17. The quantitative estimate of drug-likeness (QED) is 0.472. The Morgan fingerprint density at radius 2 is 2.13 bits per heavy atom. The Bertz CT molecular complexity index is 417. The predicted octanol–water partition coefficient (Wildman–Crippen LogP) is 1.86. The maximum absolute atomic E-state index is 11.3. The van der Waals surface area contributed by atoms with Crippen LogP contribution in [0.3, 0.4) is 0 Å². The number of rotatable bonds is 2. The molecule has 1 aromatic rings. The van der Waals surface area contributed by atoms with Gasteiger partial charge in [0, 0.05) is 0 Å². The summed E-state index contributed by atoms with van der Waals surface area (Å²) in [6.07, 6.45) is 0. The van der Waals surface area contributed by atoms with Crippen LogP contribution in [0.2, 0.25) is 0 Å². The number of hydrogen-bond donors (Lipinski definition) is 0. The van der Waals surface area contributed by atoms with Crippen molar-refractivity contribution < 1.29 is 20.8 Å². The van der Waals surface area contributed by atoms with Gasteiger partial charge in [-0.1, -0.05) is 0 Å². The van der Waals surface area contributed by atoms with Crippen molar-refractivity contribution in [2.75, 3.05) is 0 Å². The van der Waals surface area contributed by atoms with Gasteiger partial charge < -0.3 is 0 Å². The molecule has 2 rings (SSSR count). The van der Waals surface area contributed by atoms with Crippen molar-refractivity contribution in [2.45, 2.75) is 6.92 Å². The second kappa shape index (κ2) is 4.15. The average Bonchev–Trinajstić information content (AvgIpc) is 2.54. The Morgan fingerprint density at radius 1 is 1.40 bits per heavy atom. The Morgan fingerprint density at radius 3 is 2.87 bits per heavy atom. The van der Waals surface area contributed by atoms with Crippen molar-refractivity contribution in [3.63, 3.8) is 0 Å². The van der Waals surface area contributed by atoms with Crippen molar-refractivity contribution in [3.05, 3.63) is 33.4 Å². The van der Waals surface area contributed by atoms with Crippen LogP contribution in [-0.4, -0.2) is 11.9 Å². The van der Waals surface area contributed by atoms with E-state index in [0.29, 0.717) is 9.13 Å². The van der Waals surface area contributed by atoms with Crippen LogP contribution < -0.4 is 0 Å². The molecule has 0 N–H and O–H groups in total. The number of carbonyl (C=O) groups is 2. The van der Waals surface area contributed by atoms with Gasteiger partial charge in [-0.25, -0.2) is 0 Å². The van der Waals surface area contributed by atoms with Crippen molar-refractivity contribution in [1.82, 2.24) is 0 Å². The van der Waals surface area contributed by atoms with E-state index in [0.717, 1.165) is 0 Å². The van der Waals surface area contributed by atoms with Gasteiger partial charge in [0.1, 0.15) is 0 Å². The third kappa shape index (κ3) is 2.10. The molecule has 0 saturated carbocycles. The molecule has 0 bridgehead atoms. The molecular formula is C9H7IO5. The number of benzene rings is 1. The molecule has 6 heteroatoms. The first kappa shape index (κ1) is 10.4. The van der Waals surface area contributed by atoms with Gasteiger partial charge in [0.25, 0.3) is 0 Å². The van der Waals surface area contributed by atoms with E-state index >= 15 is 0 Å². The van der Waals surface area contributed by atoms with Crippen LogP contribution in [0.4, 0.5) is 0 Å². The van der Waals surface area contributed by atoms with Gasteiger partial charge in [-0.3, -0.25) is 0 Å². The molecule has 0 aliphatic carbocycles. The SMILES string of the molecule is CC(=O)OOI1OC(=O)c2ccccc21. The molecule has 1 aromatic carbocycles. The molecule has 0 unspecified atom stereocenters. The summed E-state index contributed by atoms with van der Waals surface area (Å²) in [6, 6.07) is 6.93. The normalized spacial score (nSPS) is 15.8. The van der Waals surface area contributed by atoms with Crippen molar-refractivity contribution in [3.8, 4) is 0 Å². The number of halogens is 1. The molecule has 0 radical (unpaired) electrons. The summed E-state index contributed by atoms with van der Waals surface area (Å²) >= 11 is -2.57. The summed E-state index contributed by atoms with van der Waals surface area (Å²) < 4.78 is 10.5. The van der Waals surface area contributed by atoms with Gasteiger partial charge in [0.15, 0.2) is 0 Å². The van der Waals surface area contributed by atoms with E-state index < -0.39 is 32.6 Å². The summed E-state index contributed by atoms with van der Waals surface area (Å²) in [5.74, 6) is -0.976. The summed E-state index contributed by atoms with van der Waals surface area (Å²) in [5.41, 5.74) is 0.495. The molecule has 0 amide bonds. The van der Waals surface area contributed by atoms with E-state index in [-0.39, 0.29) is 0 Å². The zero-order chi connectivity index (χ0) is 10.8. The fraction of sp³-hybridized carbons (Fsp3) is 0.111. The zero-order valence-electron chi connectivity index (χ0n) is 7.73. The monoisotopic (exact) mass is 322 g/mol. The Labute approximate surface area is 93.7 Å². The van der Waals surface area contributed by atoms with E-state index in [2.05, 4.69) is 4.89 Å². The Hall–Kier alpha value is -1.15. The van der Waals surface area contributed by atoms with Crippen LogP contribution >= 0.6 is 20.6 Å². The molecule has 0 spiro atoms. The molecule has 80 valence electrons. The summed E-state index contributed by atoms with van der Waals surface area (Å²) in [4.78, 5) is 26.2. The second-order valence-electron chi connectivity index (χ2n) is 2.70. The van der Waals surface area contributed by atoms with Crippen LogP contribution in [0.1, 0.15) is 17.3 Å². The van der Waals surface area contributed by atoms with E-state index in [1.165, 1.54) is 6.92 Å². The summed E-state index contributed by atoms with van der Waals surface area (Å²) in [7, 11) is 0. The van der Waals surface area contributed by atoms with Gasteiger partial charge >= 0.3 is 93.7 Å². The van der Waals surface area contributed by atoms with Crippen LogP contribution in [-0.2, 0) is 16.0 Å². The minimum atomic E-state index is -2.57. The Kier molecular flexibility index (Phi) is 2.87. The van der Waals surface area contributed by atoms with Gasteiger partial charge in [-0.15, -0.1) is 0 Å². The average molecular weight is 322 g/mol. The molecule has 0 fully saturated rings.